The van der Waals surface area contributed by atoms with Crippen molar-refractivity contribution >= 4 is 23.3 Å². The van der Waals surface area contributed by atoms with Crippen molar-refractivity contribution in [2.24, 2.45) is 0 Å². The van der Waals surface area contributed by atoms with E-state index in [2.05, 4.69) is 27.5 Å². The Balaban J connectivity index is 1.98. The first-order valence-electron chi connectivity index (χ1n) is 6.77. The first-order valence-corrected chi connectivity index (χ1v) is 7.15. The van der Waals surface area contributed by atoms with Crippen molar-refractivity contribution in [3.8, 4) is 0 Å². The minimum absolute atomic E-state index is 0.213. The fourth-order valence-electron chi connectivity index (χ4n) is 1.72. The number of carbonyl (C=O) groups is 1. The van der Waals surface area contributed by atoms with Gasteiger partial charge in [-0.15, -0.1) is 0 Å². The van der Waals surface area contributed by atoms with Gasteiger partial charge in [0, 0.05) is 31.7 Å². The van der Waals surface area contributed by atoms with Crippen LogP contribution in [0.5, 0.6) is 0 Å². The summed E-state index contributed by atoms with van der Waals surface area (Å²) in [5, 5.41) is 6.35. The summed E-state index contributed by atoms with van der Waals surface area (Å²) >= 11 is 6.11. The molecule has 2 aromatic rings. The number of amides is 1. The van der Waals surface area contributed by atoms with Crippen LogP contribution in [0, 0.1) is 0 Å². The van der Waals surface area contributed by atoms with Crippen molar-refractivity contribution in [2.75, 3.05) is 11.9 Å². The summed E-state index contributed by atoms with van der Waals surface area (Å²) in [5.74, 6) is 0.387. The van der Waals surface area contributed by atoms with Gasteiger partial charge in [0.1, 0.15) is 5.82 Å². The van der Waals surface area contributed by atoms with Crippen molar-refractivity contribution in [1.82, 2.24) is 15.3 Å². The SMILES string of the molecule is CCCNc1ncc(C(=O)NCc2cccnc2)cc1Cl. The molecule has 0 atom stereocenters. The lowest BCUT2D eigenvalue weighted by Crippen LogP contribution is -2.23. The molecule has 0 aliphatic carbocycles. The molecule has 0 fully saturated rings. The Kier molecular flexibility index (Phi) is 5.51. The lowest BCUT2D eigenvalue weighted by atomic mass is 10.2. The van der Waals surface area contributed by atoms with Gasteiger partial charge in [-0.2, -0.15) is 0 Å². The van der Waals surface area contributed by atoms with Gasteiger partial charge in [0.25, 0.3) is 5.91 Å². The molecule has 0 saturated carbocycles. The fraction of sp³-hybridized carbons (Fsp3) is 0.267. The molecule has 0 aliphatic heterocycles. The van der Waals surface area contributed by atoms with Crippen LogP contribution in [0.4, 0.5) is 5.82 Å². The van der Waals surface area contributed by atoms with E-state index in [1.807, 2.05) is 12.1 Å². The Morgan fingerprint density at radius 3 is 2.90 bits per heavy atom. The quantitative estimate of drug-likeness (QED) is 0.861. The van der Waals surface area contributed by atoms with Crippen molar-refractivity contribution in [1.29, 1.82) is 0 Å². The third-order valence-electron chi connectivity index (χ3n) is 2.82. The molecule has 5 nitrogen and oxygen atoms in total. The highest BCUT2D eigenvalue weighted by molar-refractivity contribution is 6.33. The summed E-state index contributed by atoms with van der Waals surface area (Å²) in [7, 11) is 0. The molecular weight excluding hydrogens is 288 g/mol. The second kappa shape index (κ2) is 7.59. The highest BCUT2D eigenvalue weighted by Crippen LogP contribution is 2.20. The van der Waals surface area contributed by atoms with Crippen LogP contribution in [0.25, 0.3) is 0 Å². The predicted molar refractivity (Wildman–Crippen MR) is 83.4 cm³/mol. The number of pyridine rings is 2. The van der Waals surface area contributed by atoms with Gasteiger partial charge in [-0.05, 0) is 24.1 Å². The van der Waals surface area contributed by atoms with E-state index in [4.69, 9.17) is 11.6 Å². The van der Waals surface area contributed by atoms with Crippen molar-refractivity contribution in [2.45, 2.75) is 19.9 Å². The zero-order chi connectivity index (χ0) is 15.1. The lowest BCUT2D eigenvalue weighted by molar-refractivity contribution is 0.0950. The molecule has 6 heteroatoms. The van der Waals surface area contributed by atoms with E-state index in [1.54, 1.807) is 18.5 Å². The van der Waals surface area contributed by atoms with Crippen molar-refractivity contribution in [3.63, 3.8) is 0 Å². The van der Waals surface area contributed by atoms with Crippen LogP contribution in [-0.2, 0) is 6.54 Å². The van der Waals surface area contributed by atoms with Crippen LogP contribution in [0.15, 0.2) is 36.8 Å². The second-order valence-electron chi connectivity index (χ2n) is 4.53. The number of halogens is 1. The van der Waals surface area contributed by atoms with Gasteiger partial charge in [-0.3, -0.25) is 9.78 Å². The topological polar surface area (TPSA) is 66.9 Å². The number of hydrogen-bond donors (Lipinski definition) is 2. The summed E-state index contributed by atoms with van der Waals surface area (Å²) < 4.78 is 0. The Morgan fingerprint density at radius 1 is 1.38 bits per heavy atom. The minimum Gasteiger partial charge on any atom is -0.369 e. The number of carbonyl (C=O) groups excluding carboxylic acids is 1. The molecule has 0 bridgehead atoms. The van der Waals surface area contributed by atoms with Crippen LogP contribution >= 0.6 is 11.6 Å². The number of rotatable bonds is 6. The van der Waals surface area contributed by atoms with E-state index in [-0.39, 0.29) is 5.91 Å². The van der Waals surface area contributed by atoms with Crippen LogP contribution in [0.2, 0.25) is 5.02 Å². The first kappa shape index (κ1) is 15.3. The highest BCUT2D eigenvalue weighted by Gasteiger charge is 2.09. The maximum Gasteiger partial charge on any atom is 0.253 e. The maximum atomic E-state index is 12.0. The van der Waals surface area contributed by atoms with Gasteiger partial charge in [0.05, 0.1) is 10.6 Å². The highest BCUT2D eigenvalue weighted by atomic mass is 35.5. The summed E-state index contributed by atoms with van der Waals surface area (Å²) in [5.41, 5.74) is 1.37. The van der Waals surface area contributed by atoms with Gasteiger partial charge >= 0.3 is 0 Å². The minimum atomic E-state index is -0.213. The zero-order valence-electron chi connectivity index (χ0n) is 11.8. The van der Waals surface area contributed by atoms with Crippen LogP contribution < -0.4 is 10.6 Å². The van der Waals surface area contributed by atoms with E-state index in [0.29, 0.717) is 22.9 Å². The molecule has 0 aliphatic rings. The molecule has 0 aromatic carbocycles. The predicted octanol–water partition coefficient (Wildman–Crippen LogP) is 2.88. The van der Waals surface area contributed by atoms with E-state index in [1.165, 1.54) is 6.20 Å². The average Bonchev–Trinajstić information content (AvgIpc) is 2.52. The van der Waals surface area contributed by atoms with Gasteiger partial charge in [0.2, 0.25) is 0 Å². The fourth-order valence-corrected chi connectivity index (χ4v) is 1.96. The van der Waals surface area contributed by atoms with Crippen LogP contribution in [-0.4, -0.2) is 22.4 Å². The van der Waals surface area contributed by atoms with E-state index in [9.17, 15) is 4.79 Å². The zero-order valence-corrected chi connectivity index (χ0v) is 12.5. The molecule has 2 heterocycles. The first-order chi connectivity index (χ1) is 10.2. The Morgan fingerprint density at radius 2 is 2.24 bits per heavy atom. The molecule has 2 rings (SSSR count). The third kappa shape index (κ3) is 4.43. The molecule has 21 heavy (non-hydrogen) atoms. The molecular formula is C15H17ClN4O. The van der Waals surface area contributed by atoms with E-state index < -0.39 is 0 Å². The van der Waals surface area contributed by atoms with Crippen molar-refractivity contribution < 1.29 is 4.79 Å². The molecule has 1 amide bonds. The standard InChI is InChI=1S/C15H17ClN4O/c1-2-5-18-14-13(16)7-12(10-19-14)15(21)20-9-11-4-3-6-17-8-11/h3-4,6-8,10H,2,5,9H2,1H3,(H,18,19)(H,20,21). The lowest BCUT2D eigenvalue weighted by Gasteiger charge is -2.08. The van der Waals surface area contributed by atoms with Crippen molar-refractivity contribution in [3.05, 3.63) is 52.9 Å². The van der Waals surface area contributed by atoms with Gasteiger partial charge in [-0.1, -0.05) is 24.6 Å². The number of nitrogens with zero attached hydrogens (tertiary/aromatic N) is 2. The van der Waals surface area contributed by atoms with E-state index in [0.717, 1.165) is 18.5 Å². The average molecular weight is 305 g/mol. The summed E-state index contributed by atoms with van der Waals surface area (Å²) in [6, 6.07) is 5.34. The number of anilines is 1. The maximum absolute atomic E-state index is 12.0. The summed E-state index contributed by atoms with van der Waals surface area (Å²) in [6.45, 7) is 3.26. The summed E-state index contributed by atoms with van der Waals surface area (Å²) in [4.78, 5) is 20.2. The molecule has 0 unspecified atom stereocenters. The molecule has 110 valence electrons. The van der Waals surface area contributed by atoms with Gasteiger partial charge in [0.15, 0.2) is 0 Å². The smallest absolute Gasteiger partial charge is 0.253 e. The second-order valence-corrected chi connectivity index (χ2v) is 4.93. The van der Waals surface area contributed by atoms with Gasteiger partial charge < -0.3 is 10.6 Å². The van der Waals surface area contributed by atoms with Gasteiger partial charge in [-0.25, -0.2) is 4.98 Å². The normalized spacial score (nSPS) is 10.2. The monoisotopic (exact) mass is 304 g/mol. The Labute approximate surface area is 128 Å². The Hall–Kier alpha value is -2.14. The molecule has 2 N–H and O–H groups in total. The summed E-state index contributed by atoms with van der Waals surface area (Å²) in [6.07, 6.45) is 5.90. The number of aromatic nitrogens is 2. The number of hydrogen-bond acceptors (Lipinski definition) is 4. The van der Waals surface area contributed by atoms with Crippen LogP contribution in [0.1, 0.15) is 29.3 Å². The molecule has 0 saturated heterocycles. The van der Waals surface area contributed by atoms with E-state index >= 15 is 0 Å². The Bertz CT molecular complexity index is 604. The molecule has 0 radical (unpaired) electrons. The number of nitrogens with one attached hydrogen (secondary N) is 2. The van der Waals surface area contributed by atoms with Crippen LogP contribution in [0.3, 0.4) is 0 Å². The molecule has 2 aromatic heterocycles. The third-order valence-corrected chi connectivity index (χ3v) is 3.11. The largest absolute Gasteiger partial charge is 0.369 e. The molecule has 0 spiro atoms.